The fraction of sp³-hybridized carbons (Fsp3) is 0.478. The van der Waals surface area contributed by atoms with Gasteiger partial charge in [0.1, 0.15) is 6.54 Å². The number of amides is 3. The maximum absolute atomic E-state index is 13.4. The predicted octanol–water partition coefficient (Wildman–Crippen LogP) is 4.15. The topological polar surface area (TPSA) is 57.6 Å². The van der Waals surface area contributed by atoms with Crippen LogP contribution in [0.1, 0.15) is 44.5 Å². The third kappa shape index (κ3) is 5.17. The molecule has 0 saturated heterocycles. The molecule has 1 N–H and O–H groups in total. The molecular formula is C23H31ClN4O2. The zero-order valence-corrected chi connectivity index (χ0v) is 18.7. The van der Waals surface area contributed by atoms with Crippen molar-refractivity contribution in [2.45, 2.75) is 39.8 Å². The first-order valence-electron chi connectivity index (χ1n) is 10.6. The van der Waals surface area contributed by atoms with Crippen LogP contribution in [0.5, 0.6) is 0 Å². The van der Waals surface area contributed by atoms with Crippen LogP contribution in [0.2, 0.25) is 5.02 Å². The molecule has 0 bridgehead atoms. The van der Waals surface area contributed by atoms with Crippen molar-refractivity contribution < 1.29 is 9.59 Å². The molecule has 1 unspecified atom stereocenters. The van der Waals surface area contributed by atoms with Crippen LogP contribution in [0, 0.1) is 5.92 Å². The number of aromatic nitrogens is 1. The maximum Gasteiger partial charge on any atom is 0.317 e. The number of hydrogen-bond donors (Lipinski definition) is 1. The lowest BCUT2D eigenvalue weighted by Crippen LogP contribution is -2.50. The van der Waals surface area contributed by atoms with Crippen molar-refractivity contribution in [2.75, 3.05) is 26.2 Å². The summed E-state index contributed by atoms with van der Waals surface area (Å²) < 4.78 is 2.18. The van der Waals surface area contributed by atoms with Crippen LogP contribution in [-0.4, -0.2) is 52.5 Å². The van der Waals surface area contributed by atoms with Gasteiger partial charge in [0.2, 0.25) is 5.91 Å². The molecule has 3 amide bonds. The van der Waals surface area contributed by atoms with E-state index in [2.05, 4.69) is 29.8 Å². The average molecular weight is 431 g/mol. The average Bonchev–Trinajstić information content (AvgIpc) is 3.20. The van der Waals surface area contributed by atoms with Crippen LogP contribution in [0.15, 0.2) is 42.6 Å². The van der Waals surface area contributed by atoms with Crippen molar-refractivity contribution in [1.29, 1.82) is 0 Å². The van der Waals surface area contributed by atoms with Crippen molar-refractivity contribution in [2.24, 2.45) is 5.92 Å². The number of halogens is 1. The Labute approximate surface area is 183 Å². The Morgan fingerprint density at radius 1 is 1.20 bits per heavy atom. The fourth-order valence-corrected chi connectivity index (χ4v) is 4.03. The van der Waals surface area contributed by atoms with Crippen LogP contribution in [-0.2, 0) is 11.3 Å². The zero-order valence-electron chi connectivity index (χ0n) is 18.0. The minimum Gasteiger partial charge on any atom is -0.348 e. The van der Waals surface area contributed by atoms with E-state index >= 15 is 0 Å². The Morgan fingerprint density at radius 3 is 2.60 bits per heavy atom. The molecule has 30 heavy (non-hydrogen) atoms. The van der Waals surface area contributed by atoms with E-state index in [0.29, 0.717) is 24.7 Å². The number of hydrogen-bond acceptors (Lipinski definition) is 2. The number of urea groups is 1. The number of benzene rings is 1. The smallest absolute Gasteiger partial charge is 0.317 e. The van der Waals surface area contributed by atoms with Crippen LogP contribution in [0.4, 0.5) is 4.79 Å². The van der Waals surface area contributed by atoms with Gasteiger partial charge in [-0.3, -0.25) is 4.79 Å². The summed E-state index contributed by atoms with van der Waals surface area (Å²) in [7, 11) is 0. The van der Waals surface area contributed by atoms with Crippen LogP contribution >= 0.6 is 11.6 Å². The second-order valence-electron chi connectivity index (χ2n) is 8.17. The molecule has 1 aliphatic rings. The minimum atomic E-state index is -0.196. The second kappa shape index (κ2) is 10.0. The lowest BCUT2D eigenvalue weighted by atomic mass is 9.99. The molecular weight excluding hydrogens is 400 g/mol. The molecule has 0 saturated carbocycles. The molecule has 0 aliphatic carbocycles. The quantitative estimate of drug-likeness (QED) is 0.717. The van der Waals surface area contributed by atoms with Gasteiger partial charge in [0.05, 0.1) is 6.04 Å². The van der Waals surface area contributed by atoms with Gasteiger partial charge in [-0.05, 0) is 42.2 Å². The summed E-state index contributed by atoms with van der Waals surface area (Å²) in [5, 5.41) is 3.57. The third-order valence-electron chi connectivity index (χ3n) is 5.27. The Hall–Kier alpha value is -2.47. The van der Waals surface area contributed by atoms with Gasteiger partial charge in [-0.2, -0.15) is 0 Å². The molecule has 2 heterocycles. The molecule has 1 aliphatic heterocycles. The molecule has 1 aromatic carbocycles. The van der Waals surface area contributed by atoms with E-state index in [1.54, 1.807) is 4.90 Å². The number of carbonyl (C=O) groups excluding carboxylic acids is 2. The molecule has 0 fully saturated rings. The van der Waals surface area contributed by atoms with E-state index in [1.165, 1.54) is 0 Å². The van der Waals surface area contributed by atoms with Crippen molar-refractivity contribution in [1.82, 2.24) is 19.7 Å². The van der Waals surface area contributed by atoms with Crippen molar-refractivity contribution >= 4 is 23.5 Å². The number of nitrogens with zero attached hydrogens (tertiary/aromatic N) is 3. The van der Waals surface area contributed by atoms with Crippen molar-refractivity contribution in [3.8, 4) is 0 Å². The number of carbonyl (C=O) groups is 2. The highest BCUT2D eigenvalue weighted by Gasteiger charge is 2.33. The molecule has 2 aromatic rings. The standard InChI is InChI=1S/C23H31ClN4O2/c1-4-11-25-23(30)27(15-17(2)3)16-21(29)28-14-13-26-12-5-6-20(26)22(28)18-7-9-19(24)10-8-18/h5-10,12,17,22H,4,11,13-16H2,1-3H3,(H,25,30). The largest absolute Gasteiger partial charge is 0.348 e. The monoisotopic (exact) mass is 430 g/mol. The van der Waals surface area contributed by atoms with Gasteiger partial charge in [0, 0.05) is 43.1 Å². The number of nitrogens with one attached hydrogen (secondary N) is 1. The Balaban J connectivity index is 1.84. The molecule has 1 atom stereocenters. The summed E-state index contributed by atoms with van der Waals surface area (Å²) in [5.41, 5.74) is 2.08. The molecule has 0 radical (unpaired) electrons. The summed E-state index contributed by atoms with van der Waals surface area (Å²) in [5.74, 6) is 0.227. The number of rotatable bonds is 7. The van der Waals surface area contributed by atoms with Gasteiger partial charge in [-0.15, -0.1) is 0 Å². The van der Waals surface area contributed by atoms with Gasteiger partial charge < -0.3 is 19.7 Å². The Kier molecular flexibility index (Phi) is 7.43. The van der Waals surface area contributed by atoms with Gasteiger partial charge in [-0.1, -0.05) is 44.5 Å². The Bertz CT molecular complexity index is 862. The van der Waals surface area contributed by atoms with E-state index in [-0.39, 0.29) is 30.4 Å². The van der Waals surface area contributed by atoms with E-state index in [4.69, 9.17) is 11.6 Å². The highest BCUT2D eigenvalue weighted by atomic mass is 35.5. The highest BCUT2D eigenvalue weighted by Crippen LogP contribution is 2.33. The van der Waals surface area contributed by atoms with E-state index in [0.717, 1.165) is 24.2 Å². The van der Waals surface area contributed by atoms with Gasteiger partial charge in [-0.25, -0.2) is 4.79 Å². The fourth-order valence-electron chi connectivity index (χ4n) is 3.91. The normalized spacial score (nSPS) is 15.8. The van der Waals surface area contributed by atoms with E-state index in [9.17, 15) is 9.59 Å². The van der Waals surface area contributed by atoms with Crippen LogP contribution in [0.3, 0.4) is 0 Å². The lowest BCUT2D eigenvalue weighted by Gasteiger charge is -2.38. The van der Waals surface area contributed by atoms with Gasteiger partial charge in [0.25, 0.3) is 0 Å². The maximum atomic E-state index is 13.4. The summed E-state index contributed by atoms with van der Waals surface area (Å²) in [4.78, 5) is 29.6. The van der Waals surface area contributed by atoms with E-state index in [1.807, 2.05) is 48.4 Å². The first-order chi connectivity index (χ1) is 14.4. The second-order valence-corrected chi connectivity index (χ2v) is 8.61. The lowest BCUT2D eigenvalue weighted by molar-refractivity contribution is -0.134. The molecule has 3 rings (SSSR count). The minimum absolute atomic E-state index is 0.0466. The van der Waals surface area contributed by atoms with Gasteiger partial charge in [0.15, 0.2) is 0 Å². The van der Waals surface area contributed by atoms with Gasteiger partial charge >= 0.3 is 6.03 Å². The summed E-state index contributed by atoms with van der Waals surface area (Å²) in [6, 6.07) is 11.3. The van der Waals surface area contributed by atoms with E-state index < -0.39 is 0 Å². The first-order valence-corrected chi connectivity index (χ1v) is 11.0. The summed E-state index contributed by atoms with van der Waals surface area (Å²) in [6.07, 6.45) is 2.90. The Morgan fingerprint density at radius 2 is 1.93 bits per heavy atom. The van der Waals surface area contributed by atoms with Crippen LogP contribution in [0.25, 0.3) is 0 Å². The summed E-state index contributed by atoms with van der Waals surface area (Å²) in [6.45, 7) is 8.66. The zero-order chi connectivity index (χ0) is 21.7. The van der Waals surface area contributed by atoms with Crippen molar-refractivity contribution in [3.05, 3.63) is 58.9 Å². The molecule has 6 nitrogen and oxygen atoms in total. The molecule has 162 valence electrons. The third-order valence-corrected chi connectivity index (χ3v) is 5.52. The SMILES string of the molecule is CCCNC(=O)N(CC(=O)N1CCn2cccc2C1c1ccc(Cl)cc1)CC(C)C. The van der Waals surface area contributed by atoms with Crippen LogP contribution < -0.4 is 5.32 Å². The molecule has 0 spiro atoms. The molecule has 7 heteroatoms. The summed E-state index contributed by atoms with van der Waals surface area (Å²) >= 11 is 6.09. The molecule has 1 aromatic heterocycles. The van der Waals surface area contributed by atoms with Crippen molar-refractivity contribution in [3.63, 3.8) is 0 Å². The first kappa shape index (κ1) is 22.2. The highest BCUT2D eigenvalue weighted by molar-refractivity contribution is 6.30. The predicted molar refractivity (Wildman–Crippen MR) is 120 cm³/mol. The number of fused-ring (bicyclic) bond motifs is 1.